The number of hydrogen-bond acceptors (Lipinski definition) is 4. The molecule has 0 saturated carbocycles. The predicted octanol–water partition coefficient (Wildman–Crippen LogP) is 22.3. The van der Waals surface area contributed by atoms with Crippen LogP contribution in [0.3, 0.4) is 0 Å². The fourth-order valence-electron chi connectivity index (χ4n) is 15.4. The lowest BCUT2D eigenvalue weighted by Crippen LogP contribution is -1.85. The highest BCUT2D eigenvalue weighted by Gasteiger charge is 2.31. The molecule has 6 nitrogen and oxygen atoms in total. The molecule has 0 unspecified atom stereocenters. The van der Waals surface area contributed by atoms with Gasteiger partial charge in [-0.15, -0.1) is 0 Å². The lowest BCUT2D eigenvalue weighted by atomic mass is 9.93. The summed E-state index contributed by atoms with van der Waals surface area (Å²) in [5, 5.41) is 18.7. The molecule has 6 heteroatoms. The highest BCUT2D eigenvalue weighted by Crippen LogP contribution is 2.54. The number of hydrogen-bond donors (Lipinski definition) is 0. The minimum absolute atomic E-state index is 0.881. The lowest BCUT2D eigenvalue weighted by Gasteiger charge is -2.09. The Morgan fingerprint density at radius 1 is 0.190 bits per heavy atom. The van der Waals surface area contributed by atoms with Crippen molar-refractivity contribution in [3.05, 3.63) is 243 Å². The van der Waals surface area contributed by atoms with Gasteiger partial charge in [-0.1, -0.05) is 158 Å². The molecule has 0 radical (unpaired) electrons. The third kappa shape index (κ3) is 5.37. The van der Waals surface area contributed by atoms with Gasteiger partial charge < -0.3 is 26.5 Å². The largest absolute Gasteiger partial charge is 0.456 e. The van der Waals surface area contributed by atoms with Gasteiger partial charge in [0.25, 0.3) is 0 Å². The summed E-state index contributed by atoms with van der Waals surface area (Å²) in [6.07, 6.45) is 0. The first-order valence-corrected chi connectivity index (χ1v) is 28.7. The molecule has 0 N–H and O–H groups in total. The van der Waals surface area contributed by atoms with E-state index in [2.05, 4.69) is 239 Å². The van der Waals surface area contributed by atoms with Crippen molar-refractivity contribution in [2.75, 3.05) is 0 Å². The molecule has 0 aliphatic rings. The van der Waals surface area contributed by atoms with E-state index in [1.54, 1.807) is 0 Å². The van der Waals surface area contributed by atoms with Gasteiger partial charge in [0.1, 0.15) is 44.7 Å². The van der Waals surface area contributed by atoms with Gasteiger partial charge in [-0.2, -0.15) is 0 Å². The Balaban J connectivity index is 0.941. The molecule has 0 amide bonds. The van der Waals surface area contributed by atoms with Crippen LogP contribution in [0.4, 0.5) is 0 Å². The van der Waals surface area contributed by atoms with Crippen molar-refractivity contribution >= 4 is 164 Å². The fourth-order valence-corrected chi connectivity index (χ4v) is 15.4. The normalized spacial score (nSPS) is 12.8. The Labute approximate surface area is 475 Å². The monoisotopic (exact) mass is 1070 g/mol. The molecular weight excluding hydrogens is 1030 g/mol. The van der Waals surface area contributed by atoms with Crippen LogP contribution in [0.25, 0.3) is 208 Å². The average molecular weight is 1070 g/mol. The Morgan fingerprint density at radius 3 is 0.821 bits per heavy atom. The van der Waals surface area contributed by atoms with Gasteiger partial charge >= 0.3 is 0 Å². The molecule has 0 saturated heterocycles. The molecule has 0 aliphatic heterocycles. The molecule has 0 aliphatic carbocycles. The summed E-state index contributed by atoms with van der Waals surface area (Å²) >= 11 is 0. The summed E-state index contributed by atoms with van der Waals surface area (Å²) < 4.78 is 31.2. The molecule has 0 atom stereocenters. The number of nitrogens with zero attached hydrogens (tertiary/aromatic N) is 2. The van der Waals surface area contributed by atoms with E-state index >= 15 is 0 Å². The van der Waals surface area contributed by atoms with Gasteiger partial charge in [0.15, 0.2) is 0 Å². The van der Waals surface area contributed by atoms with Crippen molar-refractivity contribution in [3.63, 3.8) is 0 Å². The van der Waals surface area contributed by atoms with Crippen LogP contribution in [0.5, 0.6) is 0 Å². The first kappa shape index (κ1) is 43.5. The summed E-state index contributed by atoms with van der Waals surface area (Å²) in [7, 11) is 0. The molecule has 21 rings (SSSR count). The highest BCUT2D eigenvalue weighted by molar-refractivity contribution is 6.45. The van der Waals surface area contributed by atoms with E-state index in [4.69, 9.17) is 17.7 Å². The van der Waals surface area contributed by atoms with Crippen molar-refractivity contribution in [2.45, 2.75) is 0 Å². The minimum Gasteiger partial charge on any atom is -0.456 e. The van der Waals surface area contributed by atoms with Crippen molar-refractivity contribution in [3.8, 4) is 44.5 Å². The second-order valence-electron chi connectivity index (χ2n) is 22.9. The third-order valence-electron chi connectivity index (χ3n) is 18.8. The van der Waals surface area contributed by atoms with Gasteiger partial charge in [0.05, 0.1) is 33.1 Å². The maximum atomic E-state index is 6.52. The Bertz CT molecular complexity index is 6100. The maximum absolute atomic E-state index is 6.52. The second-order valence-corrected chi connectivity index (χ2v) is 22.9. The van der Waals surface area contributed by atoms with Crippen molar-refractivity contribution in [2.24, 2.45) is 0 Å². The molecule has 8 aromatic heterocycles. The first-order valence-electron chi connectivity index (χ1n) is 28.7. The van der Waals surface area contributed by atoms with Crippen LogP contribution >= 0.6 is 0 Å². The number of para-hydroxylation sites is 4. The topological polar surface area (TPSA) is 61.4 Å². The van der Waals surface area contributed by atoms with Gasteiger partial charge in [0, 0.05) is 86.2 Å². The van der Waals surface area contributed by atoms with E-state index in [0.717, 1.165) is 154 Å². The van der Waals surface area contributed by atoms with Crippen LogP contribution < -0.4 is 0 Å². The van der Waals surface area contributed by atoms with E-state index in [-0.39, 0.29) is 0 Å². The van der Waals surface area contributed by atoms with Gasteiger partial charge in [-0.3, -0.25) is 0 Å². The van der Waals surface area contributed by atoms with Crippen molar-refractivity contribution < 1.29 is 17.7 Å². The third-order valence-corrected chi connectivity index (χ3v) is 18.8. The fraction of sp³-hybridized carbons (Fsp3) is 0. The minimum atomic E-state index is 0.881. The molecule has 0 bridgehead atoms. The maximum Gasteiger partial charge on any atom is 0.136 e. The summed E-state index contributed by atoms with van der Waals surface area (Å²) in [6, 6.07) is 88.1. The zero-order chi connectivity index (χ0) is 54.2. The molecule has 21 aromatic rings. The van der Waals surface area contributed by atoms with Crippen LogP contribution in [0.2, 0.25) is 0 Å². The quantitative estimate of drug-likeness (QED) is 0.176. The van der Waals surface area contributed by atoms with E-state index < -0.39 is 0 Å². The Kier molecular flexibility index (Phi) is 7.94. The average Bonchev–Trinajstić information content (AvgIpc) is 1.52. The summed E-state index contributed by atoms with van der Waals surface area (Å²) in [5.74, 6) is 0. The second kappa shape index (κ2) is 15.4. The molecule has 0 fully saturated rings. The number of furan rings is 4. The summed E-state index contributed by atoms with van der Waals surface area (Å²) in [6.45, 7) is 0. The molecule has 386 valence electrons. The van der Waals surface area contributed by atoms with Crippen molar-refractivity contribution in [1.29, 1.82) is 0 Å². The SMILES string of the molecule is c1ccc2c(c1)oc1cccc(-c3ccc4c(c3)c3c5c6ccc(-c7cccc8oc9ccccc9c78)cc6n6c7ccc(-c8cccc9oc%10ccccc%10c89)cc7c(c7c8ccc(-c9cccc%10oc%11ccccc%11c9%10)cc8n4c37)c56)c12. The summed E-state index contributed by atoms with van der Waals surface area (Å²) in [5.41, 5.74) is 23.3. The smallest absolute Gasteiger partial charge is 0.136 e. The molecular formula is C78H40N2O4. The van der Waals surface area contributed by atoms with E-state index in [1.807, 2.05) is 12.1 Å². The Hall–Kier alpha value is -11.3. The first-order chi connectivity index (χ1) is 41.7. The molecule has 13 aromatic carbocycles. The van der Waals surface area contributed by atoms with Crippen LogP contribution in [0.1, 0.15) is 0 Å². The molecule has 8 heterocycles. The van der Waals surface area contributed by atoms with E-state index in [1.165, 1.54) is 54.1 Å². The van der Waals surface area contributed by atoms with Crippen molar-refractivity contribution in [1.82, 2.24) is 8.80 Å². The van der Waals surface area contributed by atoms with E-state index in [0.29, 0.717) is 0 Å². The lowest BCUT2D eigenvalue weighted by molar-refractivity contribution is 0.668. The van der Waals surface area contributed by atoms with E-state index in [9.17, 15) is 0 Å². The number of rotatable bonds is 4. The van der Waals surface area contributed by atoms with Crippen LogP contribution in [0, 0.1) is 0 Å². The zero-order valence-electron chi connectivity index (χ0n) is 44.6. The number of benzene rings is 13. The Morgan fingerprint density at radius 2 is 0.476 bits per heavy atom. The number of fused-ring (bicyclic) bond motifs is 26. The van der Waals surface area contributed by atoms with Gasteiger partial charge in [-0.25, -0.2) is 0 Å². The summed E-state index contributed by atoms with van der Waals surface area (Å²) in [4.78, 5) is 0. The predicted molar refractivity (Wildman–Crippen MR) is 347 cm³/mol. The molecule has 84 heavy (non-hydrogen) atoms. The van der Waals surface area contributed by atoms with Gasteiger partial charge in [-0.05, 0) is 129 Å². The van der Waals surface area contributed by atoms with Crippen LogP contribution in [-0.2, 0) is 0 Å². The van der Waals surface area contributed by atoms with Crippen LogP contribution in [-0.4, -0.2) is 8.80 Å². The number of aromatic nitrogens is 2. The highest BCUT2D eigenvalue weighted by atomic mass is 16.3. The van der Waals surface area contributed by atoms with Gasteiger partial charge in [0.2, 0.25) is 0 Å². The van der Waals surface area contributed by atoms with Crippen LogP contribution in [0.15, 0.2) is 260 Å². The zero-order valence-corrected chi connectivity index (χ0v) is 44.6. The standard InChI is InChI=1S/C78H40N2O4/c1-5-21-61-51(13-1)69-45(17-9-25-65(69)81-61)41-31-35-57-55(37-41)75-73-49-33-29-44(48-20-12-28-68-72(48)54-16-4-8-24-64(54)84-68)40-60(49)80-58-36-32-42(46-18-10-26-66-70(46)52-14-2-6-22-62(52)82-66)38-56(58)76(78(73)80)74-50-34-30-43(39-59(50)79(57)77(74)75)47-19-11-27-67-71(47)53-15-3-7-23-63(53)83-67/h1-40H. The molecule has 0 spiro atoms.